The van der Waals surface area contributed by atoms with E-state index in [1.165, 1.54) is 40.4 Å². The Kier molecular flexibility index (Phi) is 2.20. The highest BCUT2D eigenvalue weighted by Gasteiger charge is 2.14. The second-order valence-corrected chi connectivity index (χ2v) is 4.13. The third-order valence-corrected chi connectivity index (χ3v) is 3.16. The van der Waals surface area contributed by atoms with E-state index in [1.807, 2.05) is 0 Å². The van der Waals surface area contributed by atoms with Crippen LogP contribution in [0.2, 0.25) is 0 Å². The van der Waals surface area contributed by atoms with Gasteiger partial charge in [-0.2, -0.15) is 0 Å². The quantitative estimate of drug-likeness (QED) is 0.781. The van der Waals surface area contributed by atoms with Gasteiger partial charge in [0.1, 0.15) is 0 Å². The minimum absolute atomic E-state index is 0.645. The molecule has 0 saturated carbocycles. The minimum atomic E-state index is 0.645. The molecule has 2 heteroatoms. The van der Waals surface area contributed by atoms with Crippen LogP contribution in [0.1, 0.15) is 23.1 Å². The van der Waals surface area contributed by atoms with Crippen LogP contribution in [0.15, 0.2) is 16.6 Å². The molecule has 0 amide bonds. The first-order valence-electron chi connectivity index (χ1n) is 4.31. The Morgan fingerprint density at radius 3 is 2.92 bits per heavy atom. The molecule has 0 fully saturated rings. The lowest BCUT2D eigenvalue weighted by Crippen LogP contribution is -1.98. The summed E-state index contributed by atoms with van der Waals surface area (Å²) < 4.78 is 1.25. The van der Waals surface area contributed by atoms with Crippen LogP contribution in [0, 0.1) is 0 Å². The number of hydrogen-bond acceptors (Lipinski definition) is 1. The molecule has 0 saturated heterocycles. The molecule has 2 N–H and O–H groups in total. The summed E-state index contributed by atoms with van der Waals surface area (Å²) in [6, 6.07) is 4.39. The lowest BCUT2D eigenvalue weighted by atomic mass is 10.1. The van der Waals surface area contributed by atoms with Crippen molar-refractivity contribution in [2.75, 3.05) is 0 Å². The number of aryl methyl sites for hydroxylation is 1. The average Bonchev–Trinajstić information content (AvgIpc) is 2.52. The highest BCUT2D eigenvalue weighted by Crippen LogP contribution is 2.30. The number of halogens is 1. The topological polar surface area (TPSA) is 26.0 Å². The van der Waals surface area contributed by atoms with Crippen LogP contribution in [0.5, 0.6) is 0 Å². The Morgan fingerprint density at radius 1 is 1.33 bits per heavy atom. The first-order valence-corrected chi connectivity index (χ1v) is 5.11. The van der Waals surface area contributed by atoms with E-state index in [0.29, 0.717) is 6.54 Å². The Hall–Kier alpha value is -0.340. The van der Waals surface area contributed by atoms with Crippen molar-refractivity contribution in [1.82, 2.24) is 0 Å². The highest BCUT2D eigenvalue weighted by molar-refractivity contribution is 9.10. The van der Waals surface area contributed by atoms with E-state index >= 15 is 0 Å². The fraction of sp³-hybridized carbons (Fsp3) is 0.400. The van der Waals surface area contributed by atoms with Crippen molar-refractivity contribution < 1.29 is 0 Å². The number of nitrogens with two attached hydrogens (primary N) is 1. The van der Waals surface area contributed by atoms with Gasteiger partial charge in [-0.05, 0) is 42.0 Å². The average molecular weight is 226 g/mol. The van der Waals surface area contributed by atoms with E-state index in [1.54, 1.807) is 0 Å². The molecule has 12 heavy (non-hydrogen) atoms. The van der Waals surface area contributed by atoms with Gasteiger partial charge in [-0.1, -0.05) is 22.0 Å². The van der Waals surface area contributed by atoms with Gasteiger partial charge in [0.05, 0.1) is 0 Å². The van der Waals surface area contributed by atoms with Gasteiger partial charge in [-0.25, -0.2) is 0 Å². The normalized spacial score (nSPS) is 14.8. The summed E-state index contributed by atoms with van der Waals surface area (Å²) in [4.78, 5) is 0. The van der Waals surface area contributed by atoms with E-state index in [2.05, 4.69) is 28.1 Å². The van der Waals surface area contributed by atoms with Crippen LogP contribution in [0.3, 0.4) is 0 Å². The van der Waals surface area contributed by atoms with Crippen LogP contribution in [0.4, 0.5) is 0 Å². The standard InChI is InChI=1S/C10H12BrN/c11-10-5-7(6-12)4-8-2-1-3-9(8)10/h4-5H,1-3,6,12H2. The molecule has 0 radical (unpaired) electrons. The second kappa shape index (κ2) is 3.19. The monoisotopic (exact) mass is 225 g/mol. The fourth-order valence-corrected chi connectivity index (χ4v) is 2.58. The lowest BCUT2D eigenvalue weighted by molar-refractivity contribution is 0.910. The Morgan fingerprint density at radius 2 is 2.17 bits per heavy atom. The van der Waals surface area contributed by atoms with Gasteiger partial charge in [0, 0.05) is 11.0 Å². The number of fused-ring (bicyclic) bond motifs is 1. The summed E-state index contributed by atoms with van der Waals surface area (Å²) in [5, 5.41) is 0. The van der Waals surface area contributed by atoms with Crippen LogP contribution in [-0.2, 0) is 19.4 Å². The van der Waals surface area contributed by atoms with E-state index < -0.39 is 0 Å². The third kappa shape index (κ3) is 1.29. The summed E-state index contributed by atoms with van der Waals surface area (Å²) in [7, 11) is 0. The van der Waals surface area contributed by atoms with E-state index in [9.17, 15) is 0 Å². The molecule has 0 spiro atoms. The van der Waals surface area contributed by atoms with Crippen LogP contribution < -0.4 is 5.73 Å². The fourth-order valence-electron chi connectivity index (χ4n) is 1.83. The zero-order chi connectivity index (χ0) is 8.55. The molecule has 0 aromatic heterocycles. The minimum Gasteiger partial charge on any atom is -0.326 e. The zero-order valence-corrected chi connectivity index (χ0v) is 8.52. The summed E-state index contributed by atoms with van der Waals surface area (Å²) in [5.41, 5.74) is 9.81. The summed E-state index contributed by atoms with van der Waals surface area (Å²) in [6.45, 7) is 0.645. The summed E-state index contributed by atoms with van der Waals surface area (Å²) >= 11 is 3.58. The molecule has 0 unspecified atom stereocenters. The molecule has 0 bridgehead atoms. The molecule has 0 aliphatic heterocycles. The molecular weight excluding hydrogens is 214 g/mol. The van der Waals surface area contributed by atoms with Crippen LogP contribution >= 0.6 is 15.9 Å². The molecule has 1 aliphatic carbocycles. The van der Waals surface area contributed by atoms with E-state index in [-0.39, 0.29) is 0 Å². The molecule has 64 valence electrons. The van der Waals surface area contributed by atoms with Crippen LogP contribution in [-0.4, -0.2) is 0 Å². The van der Waals surface area contributed by atoms with Gasteiger partial charge in [0.2, 0.25) is 0 Å². The molecule has 1 aromatic rings. The largest absolute Gasteiger partial charge is 0.326 e. The number of rotatable bonds is 1. The van der Waals surface area contributed by atoms with Crippen molar-refractivity contribution in [2.24, 2.45) is 5.73 Å². The Bertz CT molecular complexity index is 307. The van der Waals surface area contributed by atoms with Gasteiger partial charge < -0.3 is 5.73 Å². The molecule has 1 aromatic carbocycles. The van der Waals surface area contributed by atoms with Crippen molar-refractivity contribution >= 4 is 15.9 Å². The second-order valence-electron chi connectivity index (χ2n) is 3.27. The predicted octanol–water partition coefficient (Wildman–Crippen LogP) is 2.40. The molecule has 1 nitrogen and oxygen atoms in total. The Balaban J connectivity index is 2.51. The van der Waals surface area contributed by atoms with Gasteiger partial charge in [0.15, 0.2) is 0 Å². The van der Waals surface area contributed by atoms with Crippen molar-refractivity contribution in [1.29, 1.82) is 0 Å². The first-order chi connectivity index (χ1) is 5.81. The molecular formula is C10H12BrN. The summed E-state index contributed by atoms with van der Waals surface area (Å²) in [5.74, 6) is 0. The zero-order valence-electron chi connectivity index (χ0n) is 6.94. The smallest absolute Gasteiger partial charge is 0.0213 e. The van der Waals surface area contributed by atoms with Crippen molar-refractivity contribution in [3.8, 4) is 0 Å². The van der Waals surface area contributed by atoms with E-state index in [4.69, 9.17) is 5.73 Å². The van der Waals surface area contributed by atoms with Gasteiger partial charge in [0.25, 0.3) is 0 Å². The molecule has 2 rings (SSSR count). The molecule has 1 aliphatic rings. The first kappa shape index (κ1) is 8.27. The SMILES string of the molecule is NCc1cc(Br)c2c(c1)CCC2. The number of hydrogen-bond donors (Lipinski definition) is 1. The van der Waals surface area contributed by atoms with Crippen LogP contribution in [0.25, 0.3) is 0 Å². The predicted molar refractivity (Wildman–Crippen MR) is 54.1 cm³/mol. The van der Waals surface area contributed by atoms with Crippen molar-refractivity contribution in [2.45, 2.75) is 25.8 Å². The van der Waals surface area contributed by atoms with Gasteiger partial charge in [-0.15, -0.1) is 0 Å². The van der Waals surface area contributed by atoms with E-state index in [0.717, 1.165) is 0 Å². The van der Waals surface area contributed by atoms with Gasteiger partial charge >= 0.3 is 0 Å². The van der Waals surface area contributed by atoms with Crippen molar-refractivity contribution in [3.05, 3.63) is 33.3 Å². The lowest BCUT2D eigenvalue weighted by Gasteiger charge is -2.05. The third-order valence-electron chi connectivity index (χ3n) is 2.46. The Labute approximate surface area is 81.1 Å². The molecule has 0 atom stereocenters. The molecule has 0 heterocycles. The maximum Gasteiger partial charge on any atom is 0.0213 e. The van der Waals surface area contributed by atoms with Crippen molar-refractivity contribution in [3.63, 3.8) is 0 Å². The maximum absolute atomic E-state index is 5.59. The highest BCUT2D eigenvalue weighted by atomic mass is 79.9. The van der Waals surface area contributed by atoms with Gasteiger partial charge in [-0.3, -0.25) is 0 Å². The summed E-state index contributed by atoms with van der Waals surface area (Å²) in [6.07, 6.45) is 3.74. The maximum atomic E-state index is 5.59. The number of benzene rings is 1.